The van der Waals surface area contributed by atoms with Gasteiger partial charge in [-0.25, -0.2) is 0 Å². The highest BCUT2D eigenvalue weighted by Crippen LogP contribution is 2.32. The topological polar surface area (TPSA) is 49.4 Å². The van der Waals surface area contributed by atoms with Gasteiger partial charge in [-0.2, -0.15) is 0 Å². The molecule has 1 heterocycles. The van der Waals surface area contributed by atoms with Gasteiger partial charge in [0, 0.05) is 24.3 Å². The molecule has 1 unspecified atom stereocenters. The second-order valence-electron chi connectivity index (χ2n) is 7.44. The Bertz CT molecular complexity index is 863. The predicted octanol–water partition coefficient (Wildman–Crippen LogP) is 4.22. The lowest BCUT2D eigenvalue weighted by atomic mass is 10.0. The Morgan fingerprint density at radius 3 is 2.23 bits per heavy atom. The molecule has 0 saturated carbocycles. The highest BCUT2D eigenvalue weighted by atomic mass is 16.2. The summed E-state index contributed by atoms with van der Waals surface area (Å²) >= 11 is 0. The van der Waals surface area contributed by atoms with Gasteiger partial charge < -0.3 is 10.2 Å². The molecule has 26 heavy (non-hydrogen) atoms. The molecule has 3 rings (SSSR count). The fraction of sp³-hybridized carbons (Fsp3) is 0.364. The van der Waals surface area contributed by atoms with Crippen LogP contribution in [0.4, 0.5) is 11.4 Å². The summed E-state index contributed by atoms with van der Waals surface area (Å²) in [5, 5.41) is 2.96. The quantitative estimate of drug-likeness (QED) is 0.901. The molecule has 0 spiro atoms. The van der Waals surface area contributed by atoms with Crippen LogP contribution in [-0.4, -0.2) is 18.4 Å². The second kappa shape index (κ2) is 6.94. The van der Waals surface area contributed by atoms with Gasteiger partial charge >= 0.3 is 0 Å². The number of aryl methyl sites for hydroxylation is 5. The van der Waals surface area contributed by atoms with Gasteiger partial charge in [0.2, 0.25) is 11.8 Å². The normalized spacial score (nSPS) is 16.9. The third-order valence-electron chi connectivity index (χ3n) is 5.18. The first-order valence-electron chi connectivity index (χ1n) is 9.02. The van der Waals surface area contributed by atoms with E-state index in [1.54, 1.807) is 4.90 Å². The molecule has 1 saturated heterocycles. The van der Waals surface area contributed by atoms with Gasteiger partial charge in [-0.15, -0.1) is 0 Å². The van der Waals surface area contributed by atoms with Gasteiger partial charge in [-0.3, -0.25) is 9.59 Å². The van der Waals surface area contributed by atoms with Crippen molar-refractivity contribution in [3.63, 3.8) is 0 Å². The fourth-order valence-electron chi connectivity index (χ4n) is 3.76. The third-order valence-corrected chi connectivity index (χ3v) is 5.18. The minimum absolute atomic E-state index is 0.0142. The third kappa shape index (κ3) is 3.50. The highest BCUT2D eigenvalue weighted by Gasteiger charge is 2.36. The number of carbonyl (C=O) groups is 2. The van der Waals surface area contributed by atoms with E-state index in [4.69, 9.17) is 0 Å². The van der Waals surface area contributed by atoms with Crippen LogP contribution in [0.2, 0.25) is 0 Å². The molecule has 4 heteroatoms. The molecule has 1 N–H and O–H groups in total. The highest BCUT2D eigenvalue weighted by molar-refractivity contribution is 6.04. The van der Waals surface area contributed by atoms with Crippen molar-refractivity contribution in [2.45, 2.75) is 41.0 Å². The Morgan fingerprint density at radius 2 is 1.62 bits per heavy atom. The maximum Gasteiger partial charge on any atom is 0.229 e. The SMILES string of the molecule is Cc1cc(C)c(N2CC(C(=O)Nc3ccc(C)c(C)c3)CC2=O)c(C)c1. The Labute approximate surface area is 155 Å². The summed E-state index contributed by atoms with van der Waals surface area (Å²) < 4.78 is 0. The van der Waals surface area contributed by atoms with Crippen LogP contribution in [0.25, 0.3) is 0 Å². The number of rotatable bonds is 3. The summed E-state index contributed by atoms with van der Waals surface area (Å²) in [7, 11) is 0. The van der Waals surface area contributed by atoms with Gasteiger partial charge in [0.25, 0.3) is 0 Å². The minimum atomic E-state index is -0.329. The zero-order valence-electron chi connectivity index (χ0n) is 16.1. The van der Waals surface area contributed by atoms with Crippen molar-refractivity contribution in [3.8, 4) is 0 Å². The van der Waals surface area contributed by atoms with Crippen LogP contribution in [0.3, 0.4) is 0 Å². The van der Waals surface area contributed by atoms with E-state index in [1.807, 2.05) is 45.9 Å². The molecule has 4 nitrogen and oxygen atoms in total. The summed E-state index contributed by atoms with van der Waals surface area (Å²) in [6.45, 7) is 10.6. The summed E-state index contributed by atoms with van der Waals surface area (Å²) in [4.78, 5) is 27.0. The van der Waals surface area contributed by atoms with Crippen LogP contribution in [0.1, 0.15) is 34.2 Å². The van der Waals surface area contributed by atoms with Crippen molar-refractivity contribution in [2.75, 3.05) is 16.8 Å². The lowest BCUT2D eigenvalue weighted by Crippen LogP contribution is -2.29. The minimum Gasteiger partial charge on any atom is -0.326 e. The van der Waals surface area contributed by atoms with E-state index in [-0.39, 0.29) is 24.2 Å². The number of amides is 2. The smallest absolute Gasteiger partial charge is 0.229 e. The molecule has 1 aliphatic heterocycles. The van der Waals surface area contributed by atoms with E-state index in [9.17, 15) is 9.59 Å². The average Bonchev–Trinajstić information content (AvgIpc) is 2.92. The van der Waals surface area contributed by atoms with Crippen LogP contribution in [-0.2, 0) is 9.59 Å². The molecule has 0 aliphatic carbocycles. The number of anilines is 2. The van der Waals surface area contributed by atoms with Crippen molar-refractivity contribution >= 4 is 23.2 Å². The largest absolute Gasteiger partial charge is 0.326 e. The molecule has 1 atom stereocenters. The molecule has 2 aromatic carbocycles. The molecular weight excluding hydrogens is 324 g/mol. The van der Waals surface area contributed by atoms with Gasteiger partial charge in [0.15, 0.2) is 0 Å². The molecule has 0 radical (unpaired) electrons. The molecule has 1 aliphatic rings. The Balaban J connectivity index is 1.77. The first kappa shape index (κ1) is 18.2. The van der Waals surface area contributed by atoms with Gasteiger partial charge in [-0.1, -0.05) is 23.8 Å². The second-order valence-corrected chi connectivity index (χ2v) is 7.44. The molecule has 1 fully saturated rings. The monoisotopic (exact) mass is 350 g/mol. The van der Waals surface area contributed by atoms with Gasteiger partial charge in [0.1, 0.15) is 0 Å². The zero-order chi connectivity index (χ0) is 19.0. The Kier molecular flexibility index (Phi) is 4.86. The number of hydrogen-bond acceptors (Lipinski definition) is 2. The summed E-state index contributed by atoms with van der Waals surface area (Å²) in [5.74, 6) is -0.406. The Morgan fingerprint density at radius 1 is 0.962 bits per heavy atom. The molecule has 0 bridgehead atoms. The number of carbonyl (C=O) groups excluding carboxylic acids is 2. The summed E-state index contributed by atoms with van der Waals surface area (Å²) in [6.07, 6.45) is 0.253. The number of benzene rings is 2. The lowest BCUT2D eigenvalue weighted by molar-refractivity contribution is -0.122. The first-order chi connectivity index (χ1) is 12.3. The summed E-state index contributed by atoms with van der Waals surface area (Å²) in [6, 6.07) is 10.0. The van der Waals surface area contributed by atoms with Crippen LogP contribution in [0.5, 0.6) is 0 Å². The molecule has 2 amide bonds. The van der Waals surface area contributed by atoms with Crippen LogP contribution < -0.4 is 10.2 Å². The number of nitrogens with zero attached hydrogens (tertiary/aromatic N) is 1. The zero-order valence-corrected chi connectivity index (χ0v) is 16.1. The number of hydrogen-bond donors (Lipinski definition) is 1. The lowest BCUT2D eigenvalue weighted by Gasteiger charge is -2.22. The van der Waals surface area contributed by atoms with Crippen LogP contribution in [0.15, 0.2) is 30.3 Å². The van der Waals surface area contributed by atoms with Crippen molar-refractivity contribution < 1.29 is 9.59 Å². The van der Waals surface area contributed by atoms with E-state index in [0.29, 0.717) is 6.54 Å². The number of nitrogens with one attached hydrogen (secondary N) is 1. The molecule has 2 aromatic rings. The van der Waals surface area contributed by atoms with Crippen molar-refractivity contribution in [3.05, 3.63) is 58.1 Å². The standard InChI is InChI=1S/C22H26N2O2/c1-13-8-16(4)21(17(5)9-13)24-12-18(11-20(24)25)22(26)23-19-7-6-14(2)15(3)10-19/h6-10,18H,11-12H2,1-5H3,(H,23,26). The van der Waals surface area contributed by atoms with E-state index < -0.39 is 0 Å². The maximum absolute atomic E-state index is 12.7. The predicted molar refractivity (Wildman–Crippen MR) is 106 cm³/mol. The van der Waals surface area contributed by atoms with Crippen molar-refractivity contribution in [1.29, 1.82) is 0 Å². The van der Waals surface area contributed by atoms with E-state index in [2.05, 4.69) is 24.4 Å². The van der Waals surface area contributed by atoms with Crippen LogP contribution >= 0.6 is 0 Å². The van der Waals surface area contributed by atoms with Crippen molar-refractivity contribution in [1.82, 2.24) is 0 Å². The maximum atomic E-state index is 12.7. The molecule has 136 valence electrons. The summed E-state index contributed by atoms with van der Waals surface area (Å²) in [5.41, 5.74) is 7.39. The first-order valence-corrected chi connectivity index (χ1v) is 9.02. The van der Waals surface area contributed by atoms with Crippen molar-refractivity contribution in [2.24, 2.45) is 5.92 Å². The van der Waals surface area contributed by atoms with Crippen LogP contribution in [0, 0.1) is 40.5 Å². The van der Waals surface area contributed by atoms with Gasteiger partial charge in [-0.05, 0) is 69.0 Å². The molecule has 0 aromatic heterocycles. The van der Waals surface area contributed by atoms with E-state index >= 15 is 0 Å². The fourth-order valence-corrected chi connectivity index (χ4v) is 3.76. The average molecular weight is 350 g/mol. The van der Waals surface area contributed by atoms with Gasteiger partial charge in [0.05, 0.1) is 5.92 Å². The van der Waals surface area contributed by atoms with E-state index in [1.165, 1.54) is 11.1 Å². The molecular formula is C22H26N2O2. The van der Waals surface area contributed by atoms with E-state index in [0.717, 1.165) is 28.1 Å². The Hall–Kier alpha value is -2.62.